The lowest BCUT2D eigenvalue weighted by molar-refractivity contribution is -0.153. The molecular formula is C16H19F2NO5. The molecule has 8 heteroatoms. The van der Waals surface area contributed by atoms with Crippen molar-refractivity contribution in [1.29, 1.82) is 0 Å². The summed E-state index contributed by atoms with van der Waals surface area (Å²) in [5, 5.41) is 10.8. The van der Waals surface area contributed by atoms with Crippen LogP contribution in [0.2, 0.25) is 0 Å². The third-order valence-corrected chi connectivity index (χ3v) is 2.93. The van der Waals surface area contributed by atoms with Crippen LogP contribution in [0.3, 0.4) is 0 Å². The van der Waals surface area contributed by atoms with E-state index < -0.39 is 36.0 Å². The maximum atomic E-state index is 14.4. The molecule has 0 saturated carbocycles. The number of carboxylic acid groups (broad SMARTS) is 1. The Balaban J connectivity index is 2.94. The zero-order valence-corrected chi connectivity index (χ0v) is 13.1. The van der Waals surface area contributed by atoms with Gasteiger partial charge in [-0.05, 0) is 19.1 Å². The number of carbonyl (C=O) groups is 2. The van der Waals surface area contributed by atoms with Crippen molar-refractivity contribution in [3.8, 4) is 5.75 Å². The molecule has 0 aliphatic heterocycles. The maximum Gasteiger partial charge on any atom is 0.353 e. The van der Waals surface area contributed by atoms with Gasteiger partial charge in [0.2, 0.25) is 0 Å². The van der Waals surface area contributed by atoms with Crippen LogP contribution in [0.4, 0.5) is 8.78 Å². The van der Waals surface area contributed by atoms with Gasteiger partial charge in [-0.1, -0.05) is 18.2 Å². The molecule has 1 atom stereocenters. The fourth-order valence-electron chi connectivity index (χ4n) is 1.82. The van der Waals surface area contributed by atoms with Crippen LogP contribution in [-0.2, 0) is 20.2 Å². The van der Waals surface area contributed by atoms with Crippen molar-refractivity contribution in [3.63, 3.8) is 0 Å². The molecule has 2 N–H and O–H groups in total. The minimum Gasteiger partial charge on any atom is -0.493 e. The second-order valence-corrected chi connectivity index (χ2v) is 4.69. The first kappa shape index (κ1) is 19.6. The summed E-state index contributed by atoms with van der Waals surface area (Å²) in [6, 6.07) is 3.57. The standard InChI is InChI=1S/C16H19F2NO5/c1-3-9-23-10-12(14(20)21)19-15(22)16(17,18)11-7-5-6-8-13(11)24-4-2/h3,5-8,12H,1,4,9-10H2,2H3,(H,19,22)(H,20,21). The van der Waals surface area contributed by atoms with Crippen molar-refractivity contribution in [2.75, 3.05) is 19.8 Å². The van der Waals surface area contributed by atoms with E-state index in [-0.39, 0.29) is 19.0 Å². The number of carboxylic acids is 1. The molecule has 0 bridgehead atoms. The molecule has 1 unspecified atom stereocenters. The molecule has 0 aliphatic rings. The molecule has 0 heterocycles. The predicted molar refractivity (Wildman–Crippen MR) is 82.1 cm³/mol. The summed E-state index contributed by atoms with van der Waals surface area (Å²) in [5.41, 5.74) is -0.638. The monoisotopic (exact) mass is 343 g/mol. The Kier molecular flexibility index (Phi) is 7.31. The predicted octanol–water partition coefficient (Wildman–Crippen LogP) is 1.95. The van der Waals surface area contributed by atoms with E-state index in [9.17, 15) is 18.4 Å². The van der Waals surface area contributed by atoms with Crippen molar-refractivity contribution in [1.82, 2.24) is 5.32 Å². The molecule has 0 spiro atoms. The maximum absolute atomic E-state index is 14.4. The van der Waals surface area contributed by atoms with Crippen LogP contribution in [0.1, 0.15) is 12.5 Å². The summed E-state index contributed by atoms with van der Waals surface area (Å²) in [6.45, 7) is 4.70. The highest BCUT2D eigenvalue weighted by Gasteiger charge is 2.44. The molecule has 1 aromatic rings. The number of aliphatic carboxylic acids is 1. The number of nitrogens with one attached hydrogen (secondary N) is 1. The Labute approximate surface area is 138 Å². The average Bonchev–Trinajstić information content (AvgIpc) is 2.54. The van der Waals surface area contributed by atoms with E-state index >= 15 is 0 Å². The molecule has 1 aromatic carbocycles. The lowest BCUT2D eigenvalue weighted by Gasteiger charge is -2.21. The van der Waals surface area contributed by atoms with Gasteiger partial charge in [0, 0.05) is 0 Å². The molecule has 0 radical (unpaired) electrons. The van der Waals surface area contributed by atoms with E-state index in [4.69, 9.17) is 14.6 Å². The number of amides is 1. The Morgan fingerprint density at radius 2 is 2.08 bits per heavy atom. The van der Waals surface area contributed by atoms with E-state index in [0.29, 0.717) is 0 Å². The highest BCUT2D eigenvalue weighted by molar-refractivity contribution is 5.89. The van der Waals surface area contributed by atoms with Crippen molar-refractivity contribution >= 4 is 11.9 Å². The highest BCUT2D eigenvalue weighted by atomic mass is 19.3. The van der Waals surface area contributed by atoms with Gasteiger partial charge in [0.05, 0.1) is 25.4 Å². The second kappa shape index (κ2) is 8.97. The number of para-hydroxylation sites is 1. The van der Waals surface area contributed by atoms with E-state index in [2.05, 4.69) is 6.58 Å². The topological polar surface area (TPSA) is 84.9 Å². The van der Waals surface area contributed by atoms with Gasteiger partial charge in [0.25, 0.3) is 5.91 Å². The normalized spacial score (nSPS) is 12.3. The molecule has 132 valence electrons. The first-order valence-corrected chi connectivity index (χ1v) is 7.17. The largest absolute Gasteiger partial charge is 0.493 e. The van der Waals surface area contributed by atoms with E-state index in [1.807, 2.05) is 0 Å². The molecule has 1 rings (SSSR count). The van der Waals surface area contributed by atoms with E-state index in [1.54, 1.807) is 12.2 Å². The van der Waals surface area contributed by atoms with Gasteiger partial charge in [0.1, 0.15) is 5.75 Å². The SMILES string of the molecule is C=CCOCC(NC(=O)C(F)(F)c1ccccc1OCC)C(=O)O. The summed E-state index contributed by atoms with van der Waals surface area (Å²) < 4.78 is 38.8. The van der Waals surface area contributed by atoms with Gasteiger partial charge in [-0.15, -0.1) is 6.58 Å². The minimum atomic E-state index is -3.96. The van der Waals surface area contributed by atoms with Crippen LogP contribution >= 0.6 is 0 Å². The summed E-state index contributed by atoms with van der Waals surface area (Å²) in [6.07, 6.45) is 1.37. The zero-order valence-electron chi connectivity index (χ0n) is 13.1. The van der Waals surface area contributed by atoms with Gasteiger partial charge in [-0.2, -0.15) is 8.78 Å². The van der Waals surface area contributed by atoms with Gasteiger partial charge in [0.15, 0.2) is 6.04 Å². The number of rotatable bonds is 10. The van der Waals surface area contributed by atoms with Gasteiger partial charge in [-0.3, -0.25) is 4.79 Å². The molecule has 0 saturated heterocycles. The summed E-state index contributed by atoms with van der Waals surface area (Å²) in [4.78, 5) is 23.0. The Morgan fingerprint density at radius 1 is 1.42 bits per heavy atom. The van der Waals surface area contributed by atoms with Crippen LogP contribution in [0.25, 0.3) is 0 Å². The smallest absolute Gasteiger partial charge is 0.353 e. The highest BCUT2D eigenvalue weighted by Crippen LogP contribution is 2.35. The molecule has 0 fully saturated rings. The third-order valence-electron chi connectivity index (χ3n) is 2.93. The summed E-state index contributed by atoms with van der Waals surface area (Å²) in [7, 11) is 0. The first-order chi connectivity index (χ1) is 11.3. The molecule has 24 heavy (non-hydrogen) atoms. The van der Waals surface area contributed by atoms with Crippen molar-refractivity contribution in [3.05, 3.63) is 42.5 Å². The lowest BCUT2D eigenvalue weighted by Crippen LogP contribution is -2.49. The quantitative estimate of drug-likeness (QED) is 0.501. The second-order valence-electron chi connectivity index (χ2n) is 4.69. The third kappa shape index (κ3) is 5.02. The number of carbonyl (C=O) groups excluding carboxylic acids is 1. The fourth-order valence-corrected chi connectivity index (χ4v) is 1.82. The van der Waals surface area contributed by atoms with Crippen molar-refractivity contribution in [2.24, 2.45) is 0 Å². The lowest BCUT2D eigenvalue weighted by atomic mass is 10.1. The van der Waals surface area contributed by atoms with Crippen LogP contribution in [0, 0.1) is 0 Å². The number of hydrogen-bond acceptors (Lipinski definition) is 4. The number of halogens is 2. The first-order valence-electron chi connectivity index (χ1n) is 7.17. The van der Waals surface area contributed by atoms with Crippen molar-refractivity contribution in [2.45, 2.75) is 18.9 Å². The molecular weight excluding hydrogens is 324 g/mol. The zero-order chi connectivity index (χ0) is 18.2. The van der Waals surface area contributed by atoms with Gasteiger partial charge in [-0.25, -0.2) is 4.79 Å². The number of benzene rings is 1. The van der Waals surface area contributed by atoms with Gasteiger partial charge < -0.3 is 19.9 Å². The number of ether oxygens (including phenoxy) is 2. The molecule has 0 aromatic heterocycles. The molecule has 6 nitrogen and oxygen atoms in total. The Morgan fingerprint density at radius 3 is 2.67 bits per heavy atom. The Hall–Kier alpha value is -2.48. The van der Waals surface area contributed by atoms with Gasteiger partial charge >= 0.3 is 11.9 Å². The summed E-state index contributed by atoms with van der Waals surface area (Å²) >= 11 is 0. The average molecular weight is 343 g/mol. The van der Waals surface area contributed by atoms with E-state index in [1.165, 1.54) is 24.3 Å². The number of hydrogen-bond donors (Lipinski definition) is 2. The molecule has 1 amide bonds. The van der Waals surface area contributed by atoms with E-state index in [0.717, 1.165) is 6.07 Å². The minimum absolute atomic E-state index is 0.0310. The van der Waals surface area contributed by atoms with Crippen LogP contribution < -0.4 is 10.1 Å². The Bertz CT molecular complexity index is 592. The van der Waals surface area contributed by atoms with Crippen LogP contribution in [-0.4, -0.2) is 42.8 Å². The molecule has 0 aliphatic carbocycles. The van der Waals surface area contributed by atoms with Crippen molar-refractivity contribution < 1.29 is 33.0 Å². The van der Waals surface area contributed by atoms with Crippen LogP contribution in [0.15, 0.2) is 36.9 Å². The van der Waals surface area contributed by atoms with Crippen LogP contribution in [0.5, 0.6) is 5.75 Å². The summed E-state index contributed by atoms with van der Waals surface area (Å²) in [5.74, 6) is -7.33. The fraction of sp³-hybridized carbons (Fsp3) is 0.375. The number of alkyl halides is 2.